The van der Waals surface area contributed by atoms with Crippen LogP contribution < -0.4 is 9.47 Å². The SMILES string of the molecule is CCCC(CC)C(C=O)Oc1ccc(Oc2cc(C(F)(F)F)cc(Cl)n2)cc1. The Bertz CT molecular complexity index is 781. The zero-order chi connectivity index (χ0) is 20.7. The van der Waals surface area contributed by atoms with Crippen molar-refractivity contribution in [2.45, 2.75) is 45.4 Å². The minimum Gasteiger partial charge on any atom is -0.483 e. The number of alkyl halides is 3. The molecule has 0 spiro atoms. The van der Waals surface area contributed by atoms with E-state index in [-0.39, 0.29) is 22.7 Å². The normalized spacial score (nSPS) is 13.6. The molecule has 0 bridgehead atoms. The van der Waals surface area contributed by atoms with Crippen molar-refractivity contribution in [1.29, 1.82) is 0 Å². The fraction of sp³-hybridized carbons (Fsp3) is 0.400. The molecule has 2 unspecified atom stereocenters. The summed E-state index contributed by atoms with van der Waals surface area (Å²) in [6.07, 6.45) is -1.67. The van der Waals surface area contributed by atoms with E-state index in [4.69, 9.17) is 21.1 Å². The molecule has 0 aliphatic rings. The van der Waals surface area contributed by atoms with Gasteiger partial charge in [0, 0.05) is 12.0 Å². The zero-order valence-corrected chi connectivity index (χ0v) is 16.3. The van der Waals surface area contributed by atoms with Gasteiger partial charge in [0.2, 0.25) is 5.88 Å². The van der Waals surface area contributed by atoms with Crippen molar-refractivity contribution in [3.05, 3.63) is 47.1 Å². The number of carbonyl (C=O) groups is 1. The molecule has 1 heterocycles. The fourth-order valence-corrected chi connectivity index (χ4v) is 2.96. The Hall–Kier alpha value is -2.28. The van der Waals surface area contributed by atoms with Crippen molar-refractivity contribution >= 4 is 17.9 Å². The predicted octanol–water partition coefficient (Wildman–Crippen LogP) is 6.32. The van der Waals surface area contributed by atoms with Gasteiger partial charge in [0.05, 0.1) is 5.56 Å². The maximum Gasteiger partial charge on any atom is 0.416 e. The standard InChI is InChI=1S/C20H21ClF3NO3/c1-3-5-13(4-2)17(12-26)27-15-6-8-16(9-7-15)28-19-11-14(20(22,23)24)10-18(21)25-19/h6-13,17H,3-5H2,1-2H3. The third-order valence-electron chi connectivity index (χ3n) is 4.20. The second kappa shape index (κ2) is 9.78. The summed E-state index contributed by atoms with van der Waals surface area (Å²) in [4.78, 5) is 15.1. The quantitative estimate of drug-likeness (QED) is 0.355. The van der Waals surface area contributed by atoms with Gasteiger partial charge in [0.25, 0.3) is 0 Å². The number of carbonyl (C=O) groups excluding carboxylic acids is 1. The molecule has 0 saturated carbocycles. The Kier molecular flexibility index (Phi) is 7.69. The summed E-state index contributed by atoms with van der Waals surface area (Å²) in [5, 5.41) is -0.319. The number of aromatic nitrogens is 1. The lowest BCUT2D eigenvalue weighted by atomic mass is 9.95. The van der Waals surface area contributed by atoms with Gasteiger partial charge in [0.1, 0.15) is 16.7 Å². The Morgan fingerprint density at radius 2 is 1.79 bits per heavy atom. The molecule has 2 aromatic rings. The highest BCUT2D eigenvalue weighted by molar-refractivity contribution is 6.29. The van der Waals surface area contributed by atoms with Crippen molar-refractivity contribution in [2.24, 2.45) is 5.92 Å². The second-order valence-electron chi connectivity index (χ2n) is 6.26. The molecule has 1 aromatic heterocycles. The second-order valence-corrected chi connectivity index (χ2v) is 6.65. The molecule has 2 atom stereocenters. The molecule has 0 N–H and O–H groups in total. The maximum absolute atomic E-state index is 12.9. The van der Waals surface area contributed by atoms with Crippen molar-refractivity contribution in [2.75, 3.05) is 0 Å². The molecule has 152 valence electrons. The van der Waals surface area contributed by atoms with Crippen LogP contribution in [0.15, 0.2) is 36.4 Å². The monoisotopic (exact) mass is 415 g/mol. The summed E-state index contributed by atoms with van der Waals surface area (Å²) >= 11 is 5.65. The number of rotatable bonds is 9. The Morgan fingerprint density at radius 1 is 1.14 bits per heavy atom. The number of hydrogen-bond acceptors (Lipinski definition) is 4. The van der Waals surface area contributed by atoms with Crippen LogP contribution in [0.3, 0.4) is 0 Å². The maximum atomic E-state index is 12.9. The number of benzene rings is 1. The van der Waals surface area contributed by atoms with Gasteiger partial charge in [-0.2, -0.15) is 13.2 Å². The van der Waals surface area contributed by atoms with Crippen molar-refractivity contribution < 1.29 is 27.4 Å². The molecule has 0 saturated heterocycles. The lowest BCUT2D eigenvalue weighted by molar-refractivity contribution is -0.137. The van der Waals surface area contributed by atoms with Crippen LogP contribution in [0, 0.1) is 5.92 Å². The molecule has 28 heavy (non-hydrogen) atoms. The molecule has 8 heteroatoms. The smallest absolute Gasteiger partial charge is 0.416 e. The Morgan fingerprint density at radius 3 is 2.32 bits per heavy atom. The molecule has 2 rings (SSSR count). The van der Waals surface area contributed by atoms with E-state index in [1.165, 1.54) is 12.1 Å². The van der Waals surface area contributed by atoms with E-state index in [0.29, 0.717) is 5.75 Å². The van der Waals surface area contributed by atoms with Crippen LogP contribution in [0.2, 0.25) is 5.15 Å². The summed E-state index contributed by atoms with van der Waals surface area (Å²) in [6, 6.07) is 7.71. The number of halogens is 4. The number of nitrogens with zero attached hydrogens (tertiary/aromatic N) is 1. The van der Waals surface area contributed by atoms with Gasteiger partial charge in [0.15, 0.2) is 12.4 Å². The van der Waals surface area contributed by atoms with Gasteiger partial charge >= 0.3 is 6.18 Å². The molecule has 0 aliphatic carbocycles. The highest BCUT2D eigenvalue weighted by Gasteiger charge is 2.32. The Balaban J connectivity index is 2.11. The predicted molar refractivity (Wildman–Crippen MR) is 99.9 cm³/mol. The molecule has 0 amide bonds. The van der Waals surface area contributed by atoms with E-state index in [2.05, 4.69) is 4.98 Å². The van der Waals surface area contributed by atoms with E-state index in [1.54, 1.807) is 12.1 Å². The largest absolute Gasteiger partial charge is 0.483 e. The third-order valence-corrected chi connectivity index (χ3v) is 4.39. The average molecular weight is 416 g/mol. The minimum atomic E-state index is -4.56. The van der Waals surface area contributed by atoms with Gasteiger partial charge < -0.3 is 9.47 Å². The first-order valence-electron chi connectivity index (χ1n) is 8.91. The highest BCUT2D eigenvalue weighted by atomic mass is 35.5. The van der Waals surface area contributed by atoms with Gasteiger partial charge in [-0.3, -0.25) is 4.79 Å². The van der Waals surface area contributed by atoms with Gasteiger partial charge in [-0.05, 0) is 43.2 Å². The first-order chi connectivity index (χ1) is 13.3. The summed E-state index contributed by atoms with van der Waals surface area (Å²) in [5.41, 5.74) is -0.946. The van der Waals surface area contributed by atoms with E-state index < -0.39 is 17.8 Å². The lowest BCUT2D eigenvalue weighted by Gasteiger charge is -2.22. The van der Waals surface area contributed by atoms with Crippen LogP contribution in [-0.4, -0.2) is 17.4 Å². The van der Waals surface area contributed by atoms with Crippen LogP contribution in [0.5, 0.6) is 17.4 Å². The molecule has 0 radical (unpaired) electrons. The van der Waals surface area contributed by atoms with Crippen molar-refractivity contribution in [1.82, 2.24) is 4.98 Å². The molecule has 1 aromatic carbocycles. The molecule has 0 fully saturated rings. The van der Waals surface area contributed by atoms with Crippen LogP contribution in [-0.2, 0) is 11.0 Å². The average Bonchev–Trinajstić information content (AvgIpc) is 2.64. The first kappa shape index (κ1) is 22.0. The van der Waals surface area contributed by atoms with Crippen molar-refractivity contribution in [3.8, 4) is 17.4 Å². The Labute approximate surface area is 166 Å². The number of pyridine rings is 1. The lowest BCUT2D eigenvalue weighted by Crippen LogP contribution is -2.28. The third kappa shape index (κ3) is 6.12. The molecule has 4 nitrogen and oxygen atoms in total. The summed E-state index contributed by atoms with van der Waals surface area (Å²) in [7, 11) is 0. The van der Waals surface area contributed by atoms with Gasteiger partial charge in [-0.15, -0.1) is 0 Å². The minimum absolute atomic E-state index is 0.120. The fourth-order valence-electron chi connectivity index (χ4n) is 2.76. The van der Waals surface area contributed by atoms with E-state index in [0.717, 1.165) is 37.7 Å². The summed E-state index contributed by atoms with van der Waals surface area (Å²) in [6.45, 7) is 4.05. The van der Waals surface area contributed by atoms with Gasteiger partial charge in [-0.1, -0.05) is 31.9 Å². The number of ether oxygens (including phenoxy) is 2. The topological polar surface area (TPSA) is 48.4 Å². The van der Waals surface area contributed by atoms with Crippen LogP contribution >= 0.6 is 11.6 Å². The van der Waals surface area contributed by atoms with Crippen LogP contribution in [0.25, 0.3) is 0 Å². The van der Waals surface area contributed by atoms with Crippen molar-refractivity contribution in [3.63, 3.8) is 0 Å². The molecular formula is C20H21ClF3NO3. The number of aldehydes is 1. The van der Waals surface area contributed by atoms with Crippen LogP contribution in [0.1, 0.15) is 38.7 Å². The molecular weight excluding hydrogens is 395 g/mol. The zero-order valence-electron chi connectivity index (χ0n) is 15.5. The number of hydrogen-bond donors (Lipinski definition) is 0. The summed E-state index contributed by atoms with van der Waals surface area (Å²) in [5.74, 6) is 0.579. The first-order valence-corrected chi connectivity index (χ1v) is 9.29. The van der Waals surface area contributed by atoms with E-state index >= 15 is 0 Å². The van der Waals surface area contributed by atoms with E-state index in [9.17, 15) is 18.0 Å². The van der Waals surface area contributed by atoms with E-state index in [1.807, 2.05) is 13.8 Å². The highest BCUT2D eigenvalue weighted by Crippen LogP contribution is 2.34. The summed E-state index contributed by atoms with van der Waals surface area (Å²) < 4.78 is 49.7. The van der Waals surface area contributed by atoms with Gasteiger partial charge in [-0.25, -0.2) is 4.98 Å². The van der Waals surface area contributed by atoms with Crippen LogP contribution in [0.4, 0.5) is 13.2 Å². The molecule has 0 aliphatic heterocycles.